The summed E-state index contributed by atoms with van der Waals surface area (Å²) in [5, 5.41) is 4.05. The second-order valence-electron chi connectivity index (χ2n) is 6.99. The van der Waals surface area contributed by atoms with Crippen LogP contribution in [-0.4, -0.2) is 25.8 Å². The van der Waals surface area contributed by atoms with Crippen molar-refractivity contribution < 1.29 is 14.3 Å². The number of amides is 1. The van der Waals surface area contributed by atoms with Crippen molar-refractivity contribution in [2.24, 2.45) is 5.10 Å². The van der Waals surface area contributed by atoms with E-state index in [1.807, 2.05) is 37.3 Å². The van der Waals surface area contributed by atoms with E-state index in [0.29, 0.717) is 23.7 Å². The number of nitrogens with zero attached hydrogens (tertiary/aromatic N) is 1. The first-order valence-corrected chi connectivity index (χ1v) is 9.49. The third-order valence-electron chi connectivity index (χ3n) is 3.93. The number of halogens is 1. The van der Waals surface area contributed by atoms with Crippen LogP contribution in [0, 0.1) is 0 Å². The van der Waals surface area contributed by atoms with Crippen LogP contribution in [-0.2, 0) is 5.41 Å². The number of hydrazone groups is 1. The molecular formula is C21H25BrN2O3. The molecule has 0 radical (unpaired) electrons. The topological polar surface area (TPSA) is 59.9 Å². The Morgan fingerprint density at radius 1 is 1.22 bits per heavy atom. The van der Waals surface area contributed by atoms with Crippen LogP contribution in [0.2, 0.25) is 0 Å². The molecule has 1 amide bonds. The normalized spacial score (nSPS) is 11.5. The number of ether oxygens (including phenoxy) is 2. The molecule has 144 valence electrons. The molecule has 5 nitrogen and oxygen atoms in total. The highest BCUT2D eigenvalue weighted by molar-refractivity contribution is 9.10. The van der Waals surface area contributed by atoms with Crippen molar-refractivity contribution in [1.82, 2.24) is 5.43 Å². The van der Waals surface area contributed by atoms with Gasteiger partial charge in [0.1, 0.15) is 0 Å². The summed E-state index contributed by atoms with van der Waals surface area (Å²) in [6, 6.07) is 11.2. The Morgan fingerprint density at radius 3 is 2.44 bits per heavy atom. The molecule has 0 spiro atoms. The van der Waals surface area contributed by atoms with Crippen molar-refractivity contribution in [3.63, 3.8) is 0 Å². The van der Waals surface area contributed by atoms with Crippen molar-refractivity contribution in [2.45, 2.75) is 33.1 Å². The fourth-order valence-electron chi connectivity index (χ4n) is 2.48. The Balaban J connectivity index is 2.09. The Bertz CT molecular complexity index is 825. The lowest BCUT2D eigenvalue weighted by molar-refractivity contribution is 0.0955. The van der Waals surface area contributed by atoms with Crippen molar-refractivity contribution in [1.29, 1.82) is 0 Å². The van der Waals surface area contributed by atoms with Gasteiger partial charge < -0.3 is 9.47 Å². The Labute approximate surface area is 168 Å². The molecule has 0 heterocycles. The molecule has 1 N–H and O–H groups in total. The summed E-state index contributed by atoms with van der Waals surface area (Å²) >= 11 is 3.45. The lowest BCUT2D eigenvalue weighted by Crippen LogP contribution is -2.18. The fourth-order valence-corrected chi connectivity index (χ4v) is 3.10. The van der Waals surface area contributed by atoms with Gasteiger partial charge in [0, 0.05) is 5.56 Å². The highest BCUT2D eigenvalue weighted by Gasteiger charge is 2.14. The number of carbonyl (C=O) groups excluding carboxylic acids is 1. The quantitative estimate of drug-likeness (QED) is 0.520. The van der Waals surface area contributed by atoms with Gasteiger partial charge in [0.15, 0.2) is 11.5 Å². The molecule has 0 aliphatic heterocycles. The Morgan fingerprint density at radius 2 is 1.89 bits per heavy atom. The molecule has 2 aromatic carbocycles. The van der Waals surface area contributed by atoms with E-state index >= 15 is 0 Å². The predicted octanol–water partition coefficient (Wildman–Crippen LogP) is 4.92. The first-order chi connectivity index (χ1) is 12.8. The summed E-state index contributed by atoms with van der Waals surface area (Å²) in [6.07, 6.45) is 1.56. The molecule has 6 heteroatoms. The molecule has 27 heavy (non-hydrogen) atoms. The SMILES string of the molecule is CCOc1cc(/C=N\NC(=O)c2ccc(C(C)(C)C)cc2)cc(Br)c1OC. The predicted molar refractivity (Wildman–Crippen MR) is 112 cm³/mol. The zero-order valence-electron chi connectivity index (χ0n) is 16.3. The van der Waals surface area contributed by atoms with E-state index in [1.54, 1.807) is 19.4 Å². The van der Waals surface area contributed by atoms with E-state index in [2.05, 4.69) is 47.2 Å². The maximum atomic E-state index is 12.3. The third kappa shape index (κ3) is 5.57. The zero-order chi connectivity index (χ0) is 20.0. The van der Waals surface area contributed by atoms with Crippen LogP contribution >= 0.6 is 15.9 Å². The fraction of sp³-hybridized carbons (Fsp3) is 0.333. The number of rotatable bonds is 6. The van der Waals surface area contributed by atoms with Gasteiger partial charge in [-0.25, -0.2) is 5.43 Å². The third-order valence-corrected chi connectivity index (χ3v) is 4.52. The maximum Gasteiger partial charge on any atom is 0.271 e. The second kappa shape index (κ2) is 9.04. The first kappa shape index (κ1) is 21.0. The number of methoxy groups -OCH3 is 1. The molecule has 0 fully saturated rings. The second-order valence-corrected chi connectivity index (χ2v) is 7.85. The molecule has 0 atom stereocenters. The van der Waals surface area contributed by atoms with Gasteiger partial charge >= 0.3 is 0 Å². The van der Waals surface area contributed by atoms with Gasteiger partial charge in [-0.2, -0.15) is 5.10 Å². The zero-order valence-corrected chi connectivity index (χ0v) is 17.9. The maximum absolute atomic E-state index is 12.3. The summed E-state index contributed by atoms with van der Waals surface area (Å²) in [6.45, 7) is 8.82. The van der Waals surface area contributed by atoms with E-state index in [0.717, 1.165) is 10.0 Å². The average molecular weight is 433 g/mol. The van der Waals surface area contributed by atoms with Gasteiger partial charge in [-0.1, -0.05) is 32.9 Å². The van der Waals surface area contributed by atoms with Crippen LogP contribution in [0.4, 0.5) is 0 Å². The number of hydrogen-bond donors (Lipinski definition) is 1. The number of hydrogen-bond acceptors (Lipinski definition) is 4. The van der Waals surface area contributed by atoms with Crippen LogP contribution < -0.4 is 14.9 Å². The van der Waals surface area contributed by atoms with Crippen molar-refractivity contribution in [3.8, 4) is 11.5 Å². The first-order valence-electron chi connectivity index (χ1n) is 8.70. The molecule has 0 aliphatic carbocycles. The van der Waals surface area contributed by atoms with E-state index < -0.39 is 0 Å². The monoisotopic (exact) mass is 432 g/mol. The molecule has 0 aromatic heterocycles. The summed E-state index contributed by atoms with van der Waals surface area (Å²) in [4.78, 5) is 12.3. The number of benzene rings is 2. The molecule has 0 bridgehead atoms. The summed E-state index contributed by atoms with van der Waals surface area (Å²) < 4.78 is 11.7. The largest absolute Gasteiger partial charge is 0.492 e. The average Bonchev–Trinajstić information content (AvgIpc) is 2.61. The van der Waals surface area contributed by atoms with Crippen LogP contribution in [0.3, 0.4) is 0 Å². The minimum Gasteiger partial charge on any atom is -0.492 e. The summed E-state index contributed by atoms with van der Waals surface area (Å²) in [7, 11) is 1.58. The number of carbonyl (C=O) groups is 1. The van der Waals surface area contributed by atoms with E-state index in [-0.39, 0.29) is 11.3 Å². The highest BCUT2D eigenvalue weighted by atomic mass is 79.9. The molecule has 0 unspecified atom stereocenters. The van der Waals surface area contributed by atoms with E-state index in [4.69, 9.17) is 9.47 Å². The minimum absolute atomic E-state index is 0.0488. The van der Waals surface area contributed by atoms with E-state index in [9.17, 15) is 4.79 Å². The minimum atomic E-state index is -0.260. The van der Waals surface area contributed by atoms with Crippen molar-refractivity contribution in [2.75, 3.05) is 13.7 Å². The summed E-state index contributed by atoms with van der Waals surface area (Å²) in [5.74, 6) is 0.973. The number of nitrogens with one attached hydrogen (secondary N) is 1. The van der Waals surface area contributed by atoms with Crippen molar-refractivity contribution >= 4 is 28.1 Å². The van der Waals surface area contributed by atoms with Crippen molar-refractivity contribution in [3.05, 3.63) is 57.6 Å². The van der Waals surface area contributed by atoms with Crippen LogP contribution in [0.25, 0.3) is 0 Å². The molecule has 2 aromatic rings. The van der Waals surface area contributed by atoms with Gasteiger partial charge in [-0.15, -0.1) is 0 Å². The highest BCUT2D eigenvalue weighted by Crippen LogP contribution is 2.36. The van der Waals surface area contributed by atoms with Gasteiger partial charge in [-0.3, -0.25) is 4.79 Å². The molecule has 0 saturated heterocycles. The van der Waals surface area contributed by atoms with Crippen LogP contribution in [0.1, 0.15) is 49.2 Å². The molecule has 0 saturated carbocycles. The lowest BCUT2D eigenvalue weighted by Gasteiger charge is -2.18. The standard InChI is InChI=1S/C21H25BrN2O3/c1-6-27-18-12-14(11-17(22)19(18)26-5)13-23-24-20(25)15-7-9-16(10-8-15)21(2,3)4/h7-13H,6H2,1-5H3,(H,24,25)/b23-13-. The van der Waals surface area contributed by atoms with Crippen LogP contribution in [0.15, 0.2) is 46.0 Å². The Kier molecular flexibility index (Phi) is 7.02. The van der Waals surface area contributed by atoms with Gasteiger partial charge in [0.25, 0.3) is 5.91 Å². The van der Waals surface area contributed by atoms with Crippen LogP contribution in [0.5, 0.6) is 11.5 Å². The van der Waals surface area contributed by atoms with Gasteiger partial charge in [0.05, 0.1) is 24.4 Å². The Hall–Kier alpha value is -2.34. The van der Waals surface area contributed by atoms with E-state index in [1.165, 1.54) is 5.56 Å². The smallest absolute Gasteiger partial charge is 0.271 e. The van der Waals surface area contributed by atoms with Gasteiger partial charge in [0.2, 0.25) is 0 Å². The molecule has 2 rings (SSSR count). The van der Waals surface area contributed by atoms with Gasteiger partial charge in [-0.05, 0) is 63.7 Å². The lowest BCUT2D eigenvalue weighted by atomic mass is 9.87. The molecular weight excluding hydrogens is 408 g/mol. The summed E-state index contributed by atoms with van der Waals surface area (Å²) in [5.41, 5.74) is 5.11. The molecule has 0 aliphatic rings.